The Hall–Kier alpha value is -1.28. The largest absolute Gasteiger partial charge is 0.283 e. The van der Waals surface area contributed by atoms with Crippen LogP contribution in [0.1, 0.15) is 18.9 Å². The van der Waals surface area contributed by atoms with Crippen LogP contribution in [0.2, 0.25) is 5.02 Å². The molecule has 1 aromatic rings. The summed E-state index contributed by atoms with van der Waals surface area (Å²) in [6, 6.07) is 7.76. The number of halogens is 1. The van der Waals surface area contributed by atoms with E-state index in [0.717, 1.165) is 28.4 Å². The molecule has 0 aliphatic carbocycles. The van der Waals surface area contributed by atoms with Gasteiger partial charge < -0.3 is 0 Å². The topological polar surface area (TPSA) is 24.4 Å². The lowest BCUT2D eigenvalue weighted by molar-refractivity contribution is 0.653. The molecule has 0 bridgehead atoms. The van der Waals surface area contributed by atoms with Crippen molar-refractivity contribution in [2.24, 2.45) is 11.0 Å². The second kappa shape index (κ2) is 4.07. The molecule has 2 rings (SSSR count). The van der Waals surface area contributed by atoms with Crippen molar-refractivity contribution in [1.29, 1.82) is 0 Å². The van der Waals surface area contributed by atoms with Gasteiger partial charge in [0.05, 0.1) is 5.71 Å². The first-order valence-corrected chi connectivity index (χ1v) is 5.32. The van der Waals surface area contributed by atoms with E-state index in [1.165, 1.54) is 0 Å². The summed E-state index contributed by atoms with van der Waals surface area (Å²) in [5.74, 6) is 0.403. The van der Waals surface area contributed by atoms with E-state index in [2.05, 4.69) is 24.0 Å². The first-order chi connectivity index (χ1) is 7.16. The van der Waals surface area contributed by atoms with Crippen LogP contribution in [0.3, 0.4) is 0 Å². The van der Waals surface area contributed by atoms with E-state index in [0.29, 0.717) is 5.92 Å². The van der Waals surface area contributed by atoms with Gasteiger partial charge in [0.2, 0.25) is 0 Å². The van der Waals surface area contributed by atoms with Crippen LogP contribution in [-0.2, 0) is 0 Å². The second-order valence-corrected chi connectivity index (χ2v) is 4.26. The molecule has 1 heterocycles. The van der Waals surface area contributed by atoms with Crippen LogP contribution in [0.25, 0.3) is 0 Å². The molecule has 0 spiro atoms. The third-order valence-electron chi connectivity index (χ3n) is 2.49. The van der Waals surface area contributed by atoms with Crippen LogP contribution in [0.4, 0.5) is 0 Å². The lowest BCUT2D eigenvalue weighted by Gasteiger charge is -2.21. The number of hydrogen-bond acceptors (Lipinski definition) is 2. The van der Waals surface area contributed by atoms with Gasteiger partial charge in [-0.15, -0.1) is 0 Å². The summed E-state index contributed by atoms with van der Waals surface area (Å²) in [6.07, 6.45) is 0.932. The fourth-order valence-electron chi connectivity index (χ4n) is 1.73. The summed E-state index contributed by atoms with van der Waals surface area (Å²) in [6.45, 7) is 6.02. The van der Waals surface area contributed by atoms with Crippen molar-refractivity contribution in [1.82, 2.24) is 5.43 Å². The van der Waals surface area contributed by atoms with Crippen LogP contribution < -0.4 is 5.43 Å². The maximum absolute atomic E-state index is 5.84. The van der Waals surface area contributed by atoms with Gasteiger partial charge in [-0.05, 0) is 24.1 Å². The molecule has 0 saturated carbocycles. The number of benzene rings is 1. The molecule has 1 atom stereocenters. The SMILES string of the molecule is C=C1C[C@@H](C)C(c2ccc(Cl)cc2)=NN1. The maximum Gasteiger partial charge on any atom is 0.0711 e. The van der Waals surface area contributed by atoms with Crippen LogP contribution in [0, 0.1) is 5.92 Å². The van der Waals surface area contributed by atoms with Crippen molar-refractivity contribution >= 4 is 17.3 Å². The molecule has 0 amide bonds. The van der Waals surface area contributed by atoms with Crippen molar-refractivity contribution in [3.63, 3.8) is 0 Å². The van der Waals surface area contributed by atoms with Crippen LogP contribution in [0.15, 0.2) is 41.6 Å². The van der Waals surface area contributed by atoms with Crippen LogP contribution >= 0.6 is 11.6 Å². The first-order valence-electron chi connectivity index (χ1n) is 4.94. The Morgan fingerprint density at radius 1 is 1.40 bits per heavy atom. The zero-order valence-corrected chi connectivity index (χ0v) is 9.38. The van der Waals surface area contributed by atoms with E-state index in [1.54, 1.807) is 0 Å². The third-order valence-corrected chi connectivity index (χ3v) is 2.75. The minimum absolute atomic E-state index is 0.403. The third kappa shape index (κ3) is 2.21. The highest BCUT2D eigenvalue weighted by molar-refractivity contribution is 6.30. The fraction of sp³-hybridized carbons (Fsp3) is 0.250. The number of hydrogen-bond donors (Lipinski definition) is 1. The van der Waals surface area contributed by atoms with E-state index in [4.69, 9.17) is 11.6 Å². The molecule has 3 heteroatoms. The second-order valence-electron chi connectivity index (χ2n) is 3.82. The predicted octanol–water partition coefficient (Wildman–Crippen LogP) is 3.19. The van der Waals surface area contributed by atoms with Crippen molar-refractivity contribution in [3.05, 3.63) is 47.1 Å². The summed E-state index contributed by atoms with van der Waals surface area (Å²) in [7, 11) is 0. The number of hydrazone groups is 1. The summed E-state index contributed by atoms with van der Waals surface area (Å²) in [4.78, 5) is 0. The summed E-state index contributed by atoms with van der Waals surface area (Å²) in [5, 5.41) is 5.07. The minimum Gasteiger partial charge on any atom is -0.283 e. The molecule has 15 heavy (non-hydrogen) atoms. The van der Waals surface area contributed by atoms with Crippen LogP contribution in [0.5, 0.6) is 0 Å². The normalized spacial score (nSPS) is 20.8. The van der Waals surface area contributed by atoms with Gasteiger partial charge in [0.1, 0.15) is 0 Å². The Labute approximate surface area is 94.6 Å². The quantitative estimate of drug-likeness (QED) is 0.773. The maximum atomic E-state index is 5.84. The van der Waals surface area contributed by atoms with Gasteiger partial charge in [0.15, 0.2) is 0 Å². The van der Waals surface area contributed by atoms with Gasteiger partial charge in [0.25, 0.3) is 0 Å². The lowest BCUT2D eigenvalue weighted by atomic mass is 9.93. The summed E-state index contributed by atoms with van der Waals surface area (Å²) < 4.78 is 0. The van der Waals surface area contributed by atoms with Crippen molar-refractivity contribution in [3.8, 4) is 0 Å². The molecule has 78 valence electrons. The monoisotopic (exact) mass is 220 g/mol. The Kier molecular flexibility index (Phi) is 2.78. The van der Waals surface area contributed by atoms with Gasteiger partial charge in [-0.1, -0.05) is 37.2 Å². The molecule has 1 aliphatic rings. The van der Waals surface area contributed by atoms with E-state index in [-0.39, 0.29) is 0 Å². The highest BCUT2D eigenvalue weighted by Gasteiger charge is 2.18. The molecular formula is C12H13ClN2. The molecule has 0 fully saturated rings. The molecule has 1 aliphatic heterocycles. The van der Waals surface area contributed by atoms with Gasteiger partial charge in [-0.2, -0.15) is 5.10 Å². The Morgan fingerprint density at radius 2 is 2.07 bits per heavy atom. The summed E-state index contributed by atoms with van der Waals surface area (Å²) in [5.41, 5.74) is 6.09. The van der Waals surface area contributed by atoms with Gasteiger partial charge in [-0.3, -0.25) is 5.43 Å². The molecule has 0 aromatic heterocycles. The minimum atomic E-state index is 0.403. The number of rotatable bonds is 1. The van der Waals surface area contributed by atoms with E-state index in [1.807, 2.05) is 24.3 Å². The number of nitrogens with zero attached hydrogens (tertiary/aromatic N) is 1. The van der Waals surface area contributed by atoms with Gasteiger partial charge in [0, 0.05) is 16.6 Å². The zero-order chi connectivity index (χ0) is 10.8. The van der Waals surface area contributed by atoms with Crippen molar-refractivity contribution in [2.45, 2.75) is 13.3 Å². The fourth-order valence-corrected chi connectivity index (χ4v) is 1.86. The standard InChI is InChI=1S/C12H13ClN2/c1-8-7-9(2)14-15-12(8)10-3-5-11(13)6-4-10/h3-6,8,14H,2,7H2,1H3/t8-/m1/s1. The highest BCUT2D eigenvalue weighted by atomic mass is 35.5. The lowest BCUT2D eigenvalue weighted by Crippen LogP contribution is -2.25. The molecule has 0 saturated heterocycles. The number of allylic oxidation sites excluding steroid dienone is 1. The van der Waals surface area contributed by atoms with Gasteiger partial charge >= 0.3 is 0 Å². The van der Waals surface area contributed by atoms with Crippen molar-refractivity contribution < 1.29 is 0 Å². The molecule has 1 aromatic carbocycles. The predicted molar refractivity (Wildman–Crippen MR) is 64.0 cm³/mol. The van der Waals surface area contributed by atoms with Crippen molar-refractivity contribution in [2.75, 3.05) is 0 Å². The molecule has 1 N–H and O–H groups in total. The Morgan fingerprint density at radius 3 is 2.67 bits per heavy atom. The first kappa shape index (κ1) is 10.2. The smallest absolute Gasteiger partial charge is 0.0711 e. The zero-order valence-electron chi connectivity index (χ0n) is 8.63. The van der Waals surface area contributed by atoms with E-state index < -0.39 is 0 Å². The summed E-state index contributed by atoms with van der Waals surface area (Å²) >= 11 is 5.84. The van der Waals surface area contributed by atoms with Gasteiger partial charge in [-0.25, -0.2) is 0 Å². The number of nitrogens with one attached hydrogen (secondary N) is 1. The average Bonchev–Trinajstić information content (AvgIpc) is 2.20. The Bertz CT molecular complexity index is 406. The molecule has 0 unspecified atom stereocenters. The molecule has 2 nitrogen and oxygen atoms in total. The van der Waals surface area contributed by atoms with Crippen LogP contribution in [-0.4, -0.2) is 5.71 Å². The average molecular weight is 221 g/mol. The molecule has 0 radical (unpaired) electrons. The Balaban J connectivity index is 2.31. The van der Waals surface area contributed by atoms with E-state index >= 15 is 0 Å². The highest BCUT2D eigenvalue weighted by Crippen LogP contribution is 2.20. The molecular weight excluding hydrogens is 208 g/mol. The van der Waals surface area contributed by atoms with E-state index in [9.17, 15) is 0 Å².